The lowest BCUT2D eigenvalue weighted by atomic mass is 9.97. The zero-order chi connectivity index (χ0) is 15.4. The zero-order valence-corrected chi connectivity index (χ0v) is 12.5. The Morgan fingerprint density at radius 1 is 1.25 bits per heavy atom. The Morgan fingerprint density at radius 3 is 2.30 bits per heavy atom. The molecule has 20 heavy (non-hydrogen) atoms. The van der Waals surface area contributed by atoms with E-state index in [1.165, 1.54) is 0 Å². The van der Waals surface area contributed by atoms with Crippen LogP contribution in [-0.4, -0.2) is 28.7 Å². The van der Waals surface area contributed by atoms with E-state index in [9.17, 15) is 18.0 Å². The van der Waals surface area contributed by atoms with E-state index >= 15 is 0 Å². The number of halogens is 3. The number of amides is 1. The molecular weight excluding hydrogens is 269 g/mol. The maximum atomic E-state index is 13.2. The molecule has 1 unspecified atom stereocenters. The summed E-state index contributed by atoms with van der Waals surface area (Å²) < 4.78 is 39.7. The molecule has 0 aliphatic carbocycles. The maximum Gasteiger partial charge on any atom is 0.405 e. The molecule has 1 atom stereocenters. The van der Waals surface area contributed by atoms with Gasteiger partial charge in [-0.1, -0.05) is 39.0 Å². The third-order valence-electron chi connectivity index (χ3n) is 3.76. The molecule has 6 heteroatoms. The number of hydrogen-bond acceptors (Lipinski definition) is 2. The highest BCUT2D eigenvalue weighted by molar-refractivity contribution is 5.78. The van der Waals surface area contributed by atoms with Gasteiger partial charge in [0.25, 0.3) is 0 Å². The van der Waals surface area contributed by atoms with Crippen molar-refractivity contribution < 1.29 is 18.0 Å². The summed E-state index contributed by atoms with van der Waals surface area (Å²) in [4.78, 5) is 11.4. The minimum absolute atomic E-state index is 0.0386. The predicted octanol–water partition coefficient (Wildman–Crippen LogP) is 3.79. The second-order valence-corrected chi connectivity index (χ2v) is 6.15. The van der Waals surface area contributed by atoms with Gasteiger partial charge in [-0.05, 0) is 20.3 Å². The first kappa shape index (κ1) is 17.3. The van der Waals surface area contributed by atoms with Crippen molar-refractivity contribution in [1.82, 2.24) is 10.4 Å². The van der Waals surface area contributed by atoms with Crippen molar-refractivity contribution in [2.24, 2.45) is 0 Å². The quantitative estimate of drug-likeness (QED) is 0.724. The first-order chi connectivity index (χ1) is 9.18. The van der Waals surface area contributed by atoms with Gasteiger partial charge >= 0.3 is 6.18 Å². The van der Waals surface area contributed by atoms with E-state index in [0.717, 1.165) is 30.7 Å². The highest BCUT2D eigenvalue weighted by Gasteiger charge is 2.51. The van der Waals surface area contributed by atoms with E-state index in [4.69, 9.17) is 0 Å². The van der Waals surface area contributed by atoms with Gasteiger partial charge in [0.2, 0.25) is 5.91 Å². The normalized spacial score (nSPS) is 21.0. The molecule has 1 rings (SSSR count). The smallest absolute Gasteiger partial charge is 0.288 e. The number of unbranched alkanes of at least 4 members (excludes halogenated alkanes) is 4. The second kappa shape index (κ2) is 6.78. The van der Waals surface area contributed by atoms with Gasteiger partial charge in [0.1, 0.15) is 6.04 Å². The fourth-order valence-corrected chi connectivity index (χ4v) is 2.68. The number of carbonyl (C=O) groups excluding carboxylic acids is 1. The van der Waals surface area contributed by atoms with E-state index in [1.54, 1.807) is 13.8 Å². The lowest BCUT2D eigenvalue weighted by Crippen LogP contribution is -2.56. The van der Waals surface area contributed by atoms with Crippen LogP contribution < -0.4 is 5.43 Å². The number of hydrogen-bond donors (Lipinski definition) is 1. The first-order valence-electron chi connectivity index (χ1n) is 7.34. The van der Waals surface area contributed by atoms with E-state index in [2.05, 4.69) is 12.3 Å². The Hall–Kier alpha value is -0.780. The maximum absolute atomic E-state index is 13.2. The van der Waals surface area contributed by atoms with Crippen molar-refractivity contribution in [3.63, 3.8) is 0 Å². The molecule has 1 N–H and O–H groups in total. The summed E-state index contributed by atoms with van der Waals surface area (Å²) in [5.74, 6) is -0.338. The molecule has 0 radical (unpaired) electrons. The van der Waals surface area contributed by atoms with Gasteiger partial charge in [0.05, 0.1) is 0 Å². The van der Waals surface area contributed by atoms with Crippen molar-refractivity contribution >= 4 is 5.91 Å². The summed E-state index contributed by atoms with van der Waals surface area (Å²) in [7, 11) is 0. The van der Waals surface area contributed by atoms with Crippen molar-refractivity contribution in [3.8, 4) is 0 Å². The fourth-order valence-electron chi connectivity index (χ4n) is 2.68. The molecular formula is C14H25F3N2O. The average molecular weight is 294 g/mol. The van der Waals surface area contributed by atoms with E-state index < -0.39 is 17.8 Å². The van der Waals surface area contributed by atoms with Crippen molar-refractivity contribution in [3.05, 3.63) is 0 Å². The van der Waals surface area contributed by atoms with Gasteiger partial charge in [-0.3, -0.25) is 10.2 Å². The van der Waals surface area contributed by atoms with E-state index in [0.29, 0.717) is 6.42 Å². The summed E-state index contributed by atoms with van der Waals surface area (Å²) in [5.41, 5.74) is 1.59. The van der Waals surface area contributed by atoms with Crippen LogP contribution in [0.1, 0.15) is 65.7 Å². The van der Waals surface area contributed by atoms with E-state index in [-0.39, 0.29) is 18.7 Å². The highest BCUT2D eigenvalue weighted by atomic mass is 19.4. The van der Waals surface area contributed by atoms with Gasteiger partial charge in [0.15, 0.2) is 0 Å². The molecule has 118 valence electrons. The zero-order valence-electron chi connectivity index (χ0n) is 12.5. The third-order valence-corrected chi connectivity index (χ3v) is 3.76. The van der Waals surface area contributed by atoms with Crippen LogP contribution in [0.15, 0.2) is 0 Å². The van der Waals surface area contributed by atoms with Gasteiger partial charge < -0.3 is 0 Å². The standard InChI is InChI=1S/C14H25F3N2O/c1-4-5-6-7-8-9-11(14(15,16)17)19-13(2,3)10-12(20)18-19/h11H,4-10H2,1-3H3,(H,18,20). The van der Waals surface area contributed by atoms with Crippen molar-refractivity contribution in [2.45, 2.75) is 83.5 Å². The number of nitrogens with zero attached hydrogens (tertiary/aromatic N) is 1. The molecule has 0 aromatic rings. The molecule has 1 heterocycles. The lowest BCUT2D eigenvalue weighted by molar-refractivity contribution is -0.202. The van der Waals surface area contributed by atoms with Crippen LogP contribution in [0, 0.1) is 0 Å². The molecule has 1 amide bonds. The Balaban J connectivity index is 2.63. The summed E-state index contributed by atoms with van der Waals surface area (Å²) in [6.07, 6.45) is 0.263. The number of alkyl halides is 3. The van der Waals surface area contributed by atoms with Crippen molar-refractivity contribution in [1.29, 1.82) is 0 Å². The minimum Gasteiger partial charge on any atom is -0.288 e. The summed E-state index contributed by atoms with van der Waals surface area (Å²) in [5, 5.41) is 1.11. The Kier molecular flexibility index (Phi) is 5.86. The van der Waals surface area contributed by atoms with Crippen LogP contribution in [0.5, 0.6) is 0 Å². The molecule has 3 nitrogen and oxygen atoms in total. The summed E-state index contributed by atoms with van der Waals surface area (Å²) in [6, 6.07) is -1.59. The van der Waals surface area contributed by atoms with Crippen LogP contribution >= 0.6 is 0 Å². The molecule has 0 spiro atoms. The molecule has 0 saturated carbocycles. The molecule has 1 aliphatic rings. The highest BCUT2D eigenvalue weighted by Crippen LogP contribution is 2.35. The van der Waals surface area contributed by atoms with Gasteiger partial charge in [0, 0.05) is 12.0 Å². The number of hydrazine groups is 1. The molecule has 0 aromatic heterocycles. The molecule has 0 aromatic carbocycles. The van der Waals surface area contributed by atoms with Crippen LogP contribution in [0.2, 0.25) is 0 Å². The van der Waals surface area contributed by atoms with Gasteiger partial charge in [-0.2, -0.15) is 13.2 Å². The second-order valence-electron chi connectivity index (χ2n) is 6.15. The number of nitrogens with one attached hydrogen (secondary N) is 1. The van der Waals surface area contributed by atoms with Crippen molar-refractivity contribution in [2.75, 3.05) is 0 Å². The Morgan fingerprint density at radius 2 is 1.85 bits per heavy atom. The summed E-state index contributed by atoms with van der Waals surface area (Å²) >= 11 is 0. The number of rotatable bonds is 7. The fraction of sp³-hybridized carbons (Fsp3) is 0.929. The Labute approximate surface area is 118 Å². The van der Waals surface area contributed by atoms with E-state index in [1.807, 2.05) is 0 Å². The largest absolute Gasteiger partial charge is 0.405 e. The van der Waals surface area contributed by atoms with Gasteiger partial charge in [-0.25, -0.2) is 5.01 Å². The lowest BCUT2D eigenvalue weighted by Gasteiger charge is -2.37. The molecule has 1 saturated heterocycles. The number of carbonyl (C=O) groups is 1. The predicted molar refractivity (Wildman–Crippen MR) is 71.9 cm³/mol. The Bertz CT molecular complexity index is 329. The molecule has 0 bridgehead atoms. The molecule has 1 fully saturated rings. The average Bonchev–Trinajstić information content (AvgIpc) is 2.55. The first-order valence-corrected chi connectivity index (χ1v) is 7.34. The topological polar surface area (TPSA) is 32.3 Å². The van der Waals surface area contributed by atoms with Crippen LogP contribution in [0.25, 0.3) is 0 Å². The van der Waals surface area contributed by atoms with Crippen LogP contribution in [0.4, 0.5) is 13.2 Å². The van der Waals surface area contributed by atoms with Crippen LogP contribution in [-0.2, 0) is 4.79 Å². The summed E-state index contributed by atoms with van der Waals surface area (Å²) in [6.45, 7) is 5.41. The third kappa shape index (κ3) is 4.65. The SMILES string of the molecule is CCCCCCCC(N1NC(=O)CC1(C)C)C(F)(F)F. The monoisotopic (exact) mass is 294 g/mol. The minimum atomic E-state index is -4.32. The molecule has 1 aliphatic heterocycles. The van der Waals surface area contributed by atoms with Crippen LogP contribution in [0.3, 0.4) is 0 Å². The van der Waals surface area contributed by atoms with Gasteiger partial charge in [-0.15, -0.1) is 0 Å².